The lowest BCUT2D eigenvalue weighted by molar-refractivity contribution is -0.112. The van der Waals surface area contributed by atoms with Crippen molar-refractivity contribution in [2.75, 3.05) is 30.8 Å². The molecule has 0 unspecified atom stereocenters. The average molecular weight is 538 g/mol. The molecule has 1 aliphatic rings. The number of nitrogens with one attached hydrogen (secondary N) is 3. The summed E-state index contributed by atoms with van der Waals surface area (Å²) in [6.07, 6.45) is 4.80. The molecule has 9 heteroatoms. The van der Waals surface area contributed by atoms with Gasteiger partial charge in [0.05, 0.1) is 29.6 Å². The zero-order valence-corrected chi connectivity index (χ0v) is 22.2. The predicted octanol–water partition coefficient (Wildman–Crippen LogP) is 6.35. The average Bonchev–Trinajstić information content (AvgIpc) is 2.95. The molecule has 3 aromatic carbocycles. The lowest BCUT2D eigenvalue weighted by Crippen LogP contribution is -2.24. The Morgan fingerprint density at radius 1 is 1.12 bits per heavy atom. The molecule has 0 saturated carbocycles. The van der Waals surface area contributed by atoms with E-state index in [-0.39, 0.29) is 11.7 Å². The summed E-state index contributed by atoms with van der Waals surface area (Å²) in [6.45, 7) is 3.59. The molecule has 0 radical (unpaired) electrons. The van der Waals surface area contributed by atoms with Gasteiger partial charge in [-0.3, -0.25) is 9.78 Å². The summed E-state index contributed by atoms with van der Waals surface area (Å²) in [7, 11) is 1.53. The number of nitriles is 1. The maximum absolute atomic E-state index is 13.6. The Morgan fingerprint density at radius 3 is 2.67 bits per heavy atom. The van der Waals surface area contributed by atoms with Crippen molar-refractivity contribution in [3.63, 3.8) is 0 Å². The van der Waals surface area contributed by atoms with Crippen LogP contribution in [0.5, 0.6) is 17.2 Å². The van der Waals surface area contributed by atoms with Crippen molar-refractivity contribution in [1.29, 1.82) is 5.26 Å². The number of amides is 1. The van der Waals surface area contributed by atoms with E-state index in [1.54, 1.807) is 36.4 Å². The van der Waals surface area contributed by atoms with Crippen molar-refractivity contribution < 1.29 is 18.7 Å². The lowest BCUT2D eigenvalue weighted by Gasteiger charge is -2.17. The molecule has 3 N–H and O–H groups in total. The Hall–Kier alpha value is -4.94. The molecule has 1 aliphatic heterocycles. The number of aryl methyl sites for hydroxylation is 1. The van der Waals surface area contributed by atoms with Crippen LogP contribution in [0.25, 0.3) is 10.9 Å². The fourth-order valence-electron chi connectivity index (χ4n) is 4.60. The zero-order valence-electron chi connectivity index (χ0n) is 22.2. The maximum Gasteiger partial charge on any atom is 0.248 e. The summed E-state index contributed by atoms with van der Waals surface area (Å²) in [5.74, 6) is 0.821. The van der Waals surface area contributed by atoms with Gasteiger partial charge in [-0.15, -0.1) is 0 Å². The van der Waals surface area contributed by atoms with Gasteiger partial charge in [0.1, 0.15) is 29.1 Å². The van der Waals surface area contributed by atoms with Crippen LogP contribution < -0.4 is 25.4 Å². The normalized spacial score (nSPS) is 12.9. The number of aromatic nitrogens is 1. The molecule has 0 atom stereocenters. The minimum absolute atomic E-state index is 0.238. The highest BCUT2D eigenvalue weighted by Crippen LogP contribution is 2.37. The number of anilines is 3. The molecule has 1 fully saturated rings. The second-order valence-electron chi connectivity index (χ2n) is 9.43. The number of ether oxygens (including phenoxy) is 2. The summed E-state index contributed by atoms with van der Waals surface area (Å²) in [5, 5.41) is 20.0. The first-order chi connectivity index (χ1) is 19.4. The van der Waals surface area contributed by atoms with Gasteiger partial charge in [-0.2, -0.15) is 5.26 Å². The summed E-state index contributed by atoms with van der Waals surface area (Å²) in [6, 6.07) is 17.1. The highest BCUT2D eigenvalue weighted by Gasteiger charge is 2.16. The third-order valence-electron chi connectivity index (χ3n) is 6.62. The molecule has 202 valence electrons. The second kappa shape index (κ2) is 11.8. The first-order valence-corrected chi connectivity index (χ1v) is 12.9. The van der Waals surface area contributed by atoms with Crippen molar-refractivity contribution in [1.82, 2.24) is 10.3 Å². The van der Waals surface area contributed by atoms with Crippen LogP contribution >= 0.6 is 0 Å². The molecule has 8 nitrogen and oxygen atoms in total. The Morgan fingerprint density at radius 2 is 1.95 bits per heavy atom. The van der Waals surface area contributed by atoms with Gasteiger partial charge in [0.2, 0.25) is 5.91 Å². The molecular formula is C31H28FN5O3. The monoisotopic (exact) mass is 537 g/mol. The van der Waals surface area contributed by atoms with E-state index in [1.807, 2.05) is 19.1 Å². The van der Waals surface area contributed by atoms with Crippen LogP contribution in [-0.2, 0) is 4.79 Å². The van der Waals surface area contributed by atoms with Crippen LogP contribution in [0.3, 0.4) is 0 Å². The number of methoxy groups -OCH3 is 1. The van der Waals surface area contributed by atoms with Crippen molar-refractivity contribution in [3.8, 4) is 23.3 Å². The second-order valence-corrected chi connectivity index (χ2v) is 9.43. The molecule has 0 aliphatic carbocycles. The van der Waals surface area contributed by atoms with E-state index in [9.17, 15) is 14.4 Å². The van der Waals surface area contributed by atoms with E-state index >= 15 is 0 Å². The molecule has 40 heavy (non-hydrogen) atoms. The summed E-state index contributed by atoms with van der Waals surface area (Å²) in [4.78, 5) is 17.3. The minimum Gasteiger partial charge on any atom is -0.494 e. The minimum atomic E-state index is -0.378. The van der Waals surface area contributed by atoms with Crippen LogP contribution in [0.4, 0.5) is 21.5 Å². The molecule has 4 aromatic rings. The number of pyridine rings is 1. The van der Waals surface area contributed by atoms with Gasteiger partial charge in [-0.1, -0.05) is 11.6 Å². The highest BCUT2D eigenvalue weighted by atomic mass is 19.1. The number of benzene rings is 3. The number of hydrogen-bond acceptors (Lipinski definition) is 7. The molecule has 5 rings (SSSR count). The first kappa shape index (κ1) is 26.7. The number of halogens is 1. The van der Waals surface area contributed by atoms with Gasteiger partial charge >= 0.3 is 0 Å². The van der Waals surface area contributed by atoms with Gasteiger partial charge in [-0.05, 0) is 74.8 Å². The summed E-state index contributed by atoms with van der Waals surface area (Å²) >= 11 is 0. The van der Waals surface area contributed by atoms with Crippen molar-refractivity contribution in [2.24, 2.45) is 0 Å². The molecule has 0 spiro atoms. The van der Waals surface area contributed by atoms with Crippen molar-refractivity contribution >= 4 is 33.9 Å². The van der Waals surface area contributed by atoms with Crippen LogP contribution in [0.1, 0.15) is 24.0 Å². The van der Waals surface area contributed by atoms with E-state index in [2.05, 4.69) is 27.0 Å². The lowest BCUT2D eigenvalue weighted by atomic mass is 10.0. The van der Waals surface area contributed by atoms with Crippen LogP contribution in [0.2, 0.25) is 0 Å². The van der Waals surface area contributed by atoms with Gasteiger partial charge in [0, 0.05) is 35.5 Å². The van der Waals surface area contributed by atoms with E-state index in [0.717, 1.165) is 37.1 Å². The van der Waals surface area contributed by atoms with Crippen molar-refractivity contribution in [2.45, 2.75) is 19.8 Å². The zero-order chi connectivity index (χ0) is 28.1. The summed E-state index contributed by atoms with van der Waals surface area (Å²) in [5.41, 5.74) is 4.56. The third-order valence-corrected chi connectivity index (χ3v) is 6.62. The Labute approximate surface area is 231 Å². The fourth-order valence-corrected chi connectivity index (χ4v) is 4.60. The van der Waals surface area contributed by atoms with E-state index < -0.39 is 0 Å². The largest absolute Gasteiger partial charge is 0.494 e. The number of hydrogen-bond donors (Lipinski definition) is 3. The van der Waals surface area contributed by atoms with E-state index in [0.29, 0.717) is 50.8 Å². The molecule has 1 aromatic heterocycles. The van der Waals surface area contributed by atoms with Gasteiger partial charge in [0.15, 0.2) is 0 Å². The number of piperidine rings is 1. The number of fused-ring (bicyclic) bond motifs is 1. The third kappa shape index (κ3) is 6.03. The van der Waals surface area contributed by atoms with Gasteiger partial charge in [-0.25, -0.2) is 4.39 Å². The van der Waals surface area contributed by atoms with E-state index in [1.165, 1.54) is 25.4 Å². The Bertz CT molecular complexity index is 1650. The number of carbonyl (C=O) groups excluding carboxylic acids is 1. The van der Waals surface area contributed by atoms with E-state index in [4.69, 9.17) is 9.47 Å². The van der Waals surface area contributed by atoms with Gasteiger partial charge in [0.25, 0.3) is 0 Å². The molecule has 1 amide bonds. The first-order valence-electron chi connectivity index (χ1n) is 12.9. The van der Waals surface area contributed by atoms with Crippen LogP contribution in [0, 0.1) is 24.1 Å². The van der Waals surface area contributed by atoms with Crippen molar-refractivity contribution in [3.05, 3.63) is 89.4 Å². The van der Waals surface area contributed by atoms with Crippen LogP contribution in [0.15, 0.2) is 72.4 Å². The number of carbonyl (C=O) groups is 1. The Kier molecular flexibility index (Phi) is 7.89. The standard InChI is InChI=1S/C31H28FN5O3/c1-19-12-23(6-7-28(19)40-24-5-3-4-22(32)14-24)36-31-21(17-33)18-35-26-16-29(39-2)27(15-25(26)31)37-30(38)13-20-8-10-34-11-9-20/h3-7,12-16,18,34H,8-11H2,1-2H3,(H,35,36)(H,37,38). The predicted molar refractivity (Wildman–Crippen MR) is 153 cm³/mol. The number of rotatable bonds is 7. The molecular weight excluding hydrogens is 509 g/mol. The Balaban J connectivity index is 1.46. The van der Waals surface area contributed by atoms with Gasteiger partial charge < -0.3 is 25.4 Å². The van der Waals surface area contributed by atoms with Crippen LogP contribution in [-0.4, -0.2) is 31.1 Å². The smallest absolute Gasteiger partial charge is 0.248 e. The molecule has 2 heterocycles. The highest BCUT2D eigenvalue weighted by molar-refractivity contribution is 6.05. The SMILES string of the molecule is COc1cc2ncc(C#N)c(Nc3ccc(Oc4cccc(F)c4)c(C)c3)c2cc1NC(=O)C=C1CCNCC1. The number of nitrogens with zero attached hydrogens (tertiary/aromatic N) is 2. The summed E-state index contributed by atoms with van der Waals surface area (Å²) < 4.78 is 25.0. The maximum atomic E-state index is 13.6. The fraction of sp³-hybridized carbons (Fsp3) is 0.194. The molecule has 1 saturated heterocycles. The molecule has 0 bridgehead atoms. The quantitative estimate of drug-likeness (QED) is 0.236. The topological polar surface area (TPSA) is 108 Å².